The Bertz CT molecular complexity index is 680. The maximum absolute atomic E-state index is 12.1. The van der Waals surface area contributed by atoms with Gasteiger partial charge in [0.15, 0.2) is 5.13 Å². The molecule has 20 heavy (non-hydrogen) atoms. The Hall–Kier alpha value is -1.87. The van der Waals surface area contributed by atoms with E-state index in [9.17, 15) is 4.79 Å². The number of carbonyl (C=O) groups is 1. The van der Waals surface area contributed by atoms with E-state index >= 15 is 0 Å². The van der Waals surface area contributed by atoms with Gasteiger partial charge in [-0.25, -0.2) is 4.98 Å². The SMILES string of the molecule is Cc1cc(Cl)cc(C(=O)Nc2ncc(C#CCO)s2)c1. The highest BCUT2D eigenvalue weighted by Crippen LogP contribution is 2.19. The Morgan fingerprint density at radius 3 is 3.00 bits per heavy atom. The van der Waals surface area contributed by atoms with E-state index in [0.717, 1.165) is 5.56 Å². The van der Waals surface area contributed by atoms with E-state index in [1.807, 2.05) is 6.92 Å². The number of nitrogens with one attached hydrogen (secondary N) is 1. The van der Waals surface area contributed by atoms with E-state index in [2.05, 4.69) is 22.1 Å². The lowest BCUT2D eigenvalue weighted by Crippen LogP contribution is -2.11. The fourth-order valence-electron chi connectivity index (χ4n) is 1.55. The Balaban J connectivity index is 2.13. The second-order valence-corrected chi connectivity index (χ2v) is 5.43. The summed E-state index contributed by atoms with van der Waals surface area (Å²) in [6.45, 7) is 1.66. The first kappa shape index (κ1) is 14.5. The summed E-state index contributed by atoms with van der Waals surface area (Å²) in [6.07, 6.45) is 1.55. The maximum Gasteiger partial charge on any atom is 0.257 e. The van der Waals surface area contributed by atoms with Crippen molar-refractivity contribution in [2.75, 3.05) is 11.9 Å². The van der Waals surface area contributed by atoms with Crippen molar-refractivity contribution in [2.24, 2.45) is 0 Å². The van der Waals surface area contributed by atoms with Gasteiger partial charge in [0.2, 0.25) is 0 Å². The highest BCUT2D eigenvalue weighted by molar-refractivity contribution is 7.16. The van der Waals surface area contributed by atoms with E-state index in [-0.39, 0.29) is 12.5 Å². The number of hydrogen-bond donors (Lipinski definition) is 2. The van der Waals surface area contributed by atoms with E-state index < -0.39 is 0 Å². The van der Waals surface area contributed by atoms with Gasteiger partial charge in [-0.1, -0.05) is 34.8 Å². The van der Waals surface area contributed by atoms with Crippen molar-refractivity contribution in [1.82, 2.24) is 4.98 Å². The minimum Gasteiger partial charge on any atom is -0.384 e. The fourth-order valence-corrected chi connectivity index (χ4v) is 2.53. The van der Waals surface area contributed by atoms with Gasteiger partial charge in [0.25, 0.3) is 5.91 Å². The normalized spacial score (nSPS) is 9.75. The lowest BCUT2D eigenvalue weighted by Gasteiger charge is -2.03. The molecule has 0 aliphatic carbocycles. The Morgan fingerprint density at radius 2 is 2.30 bits per heavy atom. The summed E-state index contributed by atoms with van der Waals surface area (Å²) in [6, 6.07) is 5.13. The number of amides is 1. The van der Waals surface area contributed by atoms with Crippen LogP contribution in [0.25, 0.3) is 0 Å². The molecule has 6 heteroatoms. The zero-order valence-corrected chi connectivity index (χ0v) is 12.2. The largest absolute Gasteiger partial charge is 0.384 e. The molecule has 1 aromatic carbocycles. The summed E-state index contributed by atoms with van der Waals surface area (Å²) in [5.41, 5.74) is 1.39. The molecule has 2 N–H and O–H groups in total. The van der Waals surface area contributed by atoms with Crippen LogP contribution in [0, 0.1) is 18.8 Å². The number of benzene rings is 1. The molecule has 1 amide bonds. The number of aromatic nitrogens is 1. The molecule has 0 bridgehead atoms. The van der Waals surface area contributed by atoms with Crippen molar-refractivity contribution in [3.8, 4) is 11.8 Å². The minimum absolute atomic E-state index is 0.207. The number of anilines is 1. The van der Waals surface area contributed by atoms with Crippen LogP contribution in [-0.2, 0) is 0 Å². The number of aryl methyl sites for hydroxylation is 1. The molecular formula is C14H11ClN2O2S. The molecular weight excluding hydrogens is 296 g/mol. The van der Waals surface area contributed by atoms with Crippen LogP contribution in [0.4, 0.5) is 5.13 Å². The number of thiazole rings is 1. The fraction of sp³-hybridized carbons (Fsp3) is 0.143. The van der Waals surface area contributed by atoms with Gasteiger partial charge in [-0.05, 0) is 30.7 Å². The van der Waals surface area contributed by atoms with Crippen LogP contribution < -0.4 is 5.32 Å². The summed E-state index contributed by atoms with van der Waals surface area (Å²) in [4.78, 5) is 16.8. The van der Waals surface area contributed by atoms with Crippen molar-refractivity contribution < 1.29 is 9.90 Å². The first-order chi connectivity index (χ1) is 9.58. The summed E-state index contributed by atoms with van der Waals surface area (Å²) in [5.74, 6) is 4.98. The molecule has 0 spiro atoms. The molecule has 0 aliphatic rings. The zero-order chi connectivity index (χ0) is 14.5. The number of hydrogen-bond acceptors (Lipinski definition) is 4. The number of aliphatic hydroxyl groups excluding tert-OH is 1. The monoisotopic (exact) mass is 306 g/mol. The molecule has 4 nitrogen and oxygen atoms in total. The van der Waals surface area contributed by atoms with Gasteiger partial charge in [-0.15, -0.1) is 0 Å². The lowest BCUT2D eigenvalue weighted by molar-refractivity contribution is 0.102. The number of halogens is 1. The molecule has 0 saturated carbocycles. The molecule has 0 aliphatic heterocycles. The molecule has 2 rings (SSSR count). The third-order valence-electron chi connectivity index (χ3n) is 2.32. The first-order valence-electron chi connectivity index (χ1n) is 5.72. The van der Waals surface area contributed by atoms with Crippen molar-refractivity contribution in [2.45, 2.75) is 6.92 Å². The van der Waals surface area contributed by atoms with Gasteiger partial charge >= 0.3 is 0 Å². The number of rotatable bonds is 2. The van der Waals surface area contributed by atoms with Crippen LogP contribution in [0.1, 0.15) is 20.8 Å². The molecule has 0 radical (unpaired) electrons. The molecule has 0 unspecified atom stereocenters. The quantitative estimate of drug-likeness (QED) is 0.839. The number of aliphatic hydroxyl groups is 1. The lowest BCUT2D eigenvalue weighted by atomic mass is 10.1. The standard InChI is InChI=1S/C14H11ClN2O2S/c1-9-5-10(7-11(15)6-9)13(19)17-14-16-8-12(20-14)3-2-4-18/h5-8,18H,4H2,1H3,(H,16,17,19). The van der Waals surface area contributed by atoms with Crippen LogP contribution >= 0.6 is 22.9 Å². The van der Waals surface area contributed by atoms with Crippen molar-refractivity contribution in [3.63, 3.8) is 0 Å². The average Bonchev–Trinajstić information content (AvgIpc) is 2.82. The predicted octanol–water partition coefficient (Wildman–Crippen LogP) is 2.70. The smallest absolute Gasteiger partial charge is 0.257 e. The Kier molecular flexibility index (Phi) is 4.74. The second kappa shape index (κ2) is 6.53. The van der Waals surface area contributed by atoms with Gasteiger partial charge in [-0.3, -0.25) is 10.1 Å². The molecule has 0 atom stereocenters. The Morgan fingerprint density at radius 1 is 1.50 bits per heavy atom. The van der Waals surface area contributed by atoms with Crippen molar-refractivity contribution in [3.05, 3.63) is 45.4 Å². The van der Waals surface area contributed by atoms with Gasteiger partial charge in [0.1, 0.15) is 6.61 Å². The topological polar surface area (TPSA) is 62.2 Å². The van der Waals surface area contributed by atoms with Gasteiger partial charge in [0.05, 0.1) is 11.1 Å². The van der Waals surface area contributed by atoms with Crippen molar-refractivity contribution >= 4 is 34.0 Å². The number of nitrogens with zero attached hydrogens (tertiary/aromatic N) is 1. The van der Waals surface area contributed by atoms with E-state index in [4.69, 9.17) is 16.7 Å². The third-order valence-corrected chi connectivity index (χ3v) is 3.37. The van der Waals surface area contributed by atoms with E-state index in [0.29, 0.717) is 20.6 Å². The zero-order valence-electron chi connectivity index (χ0n) is 10.6. The second-order valence-electron chi connectivity index (χ2n) is 3.96. The molecule has 1 heterocycles. The first-order valence-corrected chi connectivity index (χ1v) is 6.92. The van der Waals surface area contributed by atoms with Crippen LogP contribution in [0.3, 0.4) is 0 Å². The highest BCUT2D eigenvalue weighted by atomic mass is 35.5. The van der Waals surface area contributed by atoms with Gasteiger partial charge < -0.3 is 5.11 Å². The summed E-state index contributed by atoms with van der Waals surface area (Å²) >= 11 is 7.17. The molecule has 2 aromatic rings. The Labute approximate surface area is 125 Å². The third kappa shape index (κ3) is 3.81. The molecule has 102 valence electrons. The molecule has 0 saturated heterocycles. The maximum atomic E-state index is 12.1. The molecule has 1 aromatic heterocycles. The van der Waals surface area contributed by atoms with Gasteiger partial charge in [0, 0.05) is 10.6 Å². The average molecular weight is 307 g/mol. The van der Waals surface area contributed by atoms with Crippen LogP contribution in [0.5, 0.6) is 0 Å². The van der Waals surface area contributed by atoms with Crippen LogP contribution in [-0.4, -0.2) is 22.6 Å². The summed E-state index contributed by atoms with van der Waals surface area (Å²) in [5, 5.41) is 12.3. The van der Waals surface area contributed by atoms with E-state index in [1.54, 1.807) is 24.4 Å². The van der Waals surface area contributed by atoms with Crippen molar-refractivity contribution in [1.29, 1.82) is 0 Å². The van der Waals surface area contributed by atoms with Gasteiger partial charge in [-0.2, -0.15) is 0 Å². The summed E-state index contributed by atoms with van der Waals surface area (Å²) in [7, 11) is 0. The highest BCUT2D eigenvalue weighted by Gasteiger charge is 2.10. The number of carbonyl (C=O) groups excluding carboxylic acids is 1. The minimum atomic E-state index is -0.272. The molecule has 0 fully saturated rings. The summed E-state index contributed by atoms with van der Waals surface area (Å²) < 4.78 is 0. The van der Waals surface area contributed by atoms with Crippen LogP contribution in [0.2, 0.25) is 5.02 Å². The predicted molar refractivity (Wildman–Crippen MR) is 80.2 cm³/mol. The van der Waals surface area contributed by atoms with E-state index in [1.165, 1.54) is 11.3 Å². The van der Waals surface area contributed by atoms with Crippen LogP contribution in [0.15, 0.2) is 24.4 Å².